The zero-order valence-electron chi connectivity index (χ0n) is 26.6. The zero-order chi connectivity index (χ0) is 33.2. The fraction of sp³-hybridized carbons (Fsp3) is 0.270. The third-order valence-electron chi connectivity index (χ3n) is 10.00. The van der Waals surface area contributed by atoms with Crippen molar-refractivity contribution in [3.8, 4) is 27.6 Å². The predicted molar refractivity (Wildman–Crippen MR) is 183 cm³/mol. The molecule has 10 nitrogen and oxygen atoms in total. The van der Waals surface area contributed by atoms with Crippen molar-refractivity contribution in [2.45, 2.75) is 50.6 Å². The van der Waals surface area contributed by atoms with Crippen molar-refractivity contribution in [2.24, 2.45) is 0 Å². The predicted octanol–water partition coefficient (Wildman–Crippen LogP) is 7.02. The molecular weight excluding hydrogens is 644 g/mol. The van der Waals surface area contributed by atoms with Gasteiger partial charge < -0.3 is 19.4 Å². The number of carbonyl (C=O) groups excluding carboxylic acids is 1. The van der Waals surface area contributed by atoms with Gasteiger partial charge >= 0.3 is 5.76 Å². The van der Waals surface area contributed by atoms with Crippen molar-refractivity contribution >= 4 is 33.1 Å². The lowest BCUT2D eigenvalue weighted by Gasteiger charge is -2.16. The number of amides is 1. The van der Waals surface area contributed by atoms with E-state index < -0.39 is 5.76 Å². The molecule has 0 unspecified atom stereocenters. The maximum Gasteiger partial charge on any atom is 0.434 e. The topological polar surface area (TPSA) is 126 Å². The number of H-pyrrole nitrogens is 1. The summed E-state index contributed by atoms with van der Waals surface area (Å²) >= 11 is 1.54. The van der Waals surface area contributed by atoms with Crippen molar-refractivity contribution in [1.29, 1.82) is 0 Å². The number of carbonyl (C=O) groups is 1. The number of aromatic nitrogens is 4. The van der Waals surface area contributed by atoms with E-state index in [9.17, 15) is 14.0 Å². The number of hydrogen-bond acceptors (Lipinski definition) is 9. The van der Waals surface area contributed by atoms with Gasteiger partial charge in [-0.2, -0.15) is 0 Å². The molecule has 1 fully saturated rings. The second-order valence-electron chi connectivity index (χ2n) is 12.7. The smallest absolute Gasteiger partial charge is 0.434 e. The first-order chi connectivity index (χ1) is 24.0. The average Bonchev–Trinajstić information content (AvgIpc) is 3.95. The Bertz CT molecular complexity index is 2330. The number of nitrogens with one attached hydrogen (secondary N) is 2. The van der Waals surface area contributed by atoms with Gasteiger partial charge in [-0.3, -0.25) is 9.78 Å². The standard InChI is InChI=1S/C37H31FN6O4S/c1-47-27-6-2-4-22-23(27)12-14-24(22)41-34-33-20(15-16-39-34)18-28(49-33)30-29(35-42-43-37(46)48-35)25(13-9-19-7-10-21(38)11-8-19)40-32-26-5-3-17-44(26)36(45)31(30)32/h2,4,6-8,10-11,15-16,18,24,26H,3,5,9,12-14,17H2,1H3,(H,39,41)(H,43,46)/t24-,26+/m0/s1. The largest absolute Gasteiger partial charge is 0.496 e. The van der Waals surface area contributed by atoms with Crippen LogP contribution >= 0.6 is 11.3 Å². The molecule has 2 N–H and O–H groups in total. The third-order valence-corrected chi connectivity index (χ3v) is 11.2. The van der Waals surface area contributed by atoms with Gasteiger partial charge in [-0.1, -0.05) is 24.3 Å². The number of benzene rings is 2. The van der Waals surface area contributed by atoms with E-state index in [-0.39, 0.29) is 29.7 Å². The van der Waals surface area contributed by atoms with Gasteiger partial charge in [0.2, 0.25) is 0 Å². The second kappa shape index (κ2) is 11.7. The number of ether oxygens (including phenoxy) is 1. The molecule has 4 aromatic heterocycles. The molecule has 2 atom stereocenters. The Morgan fingerprint density at radius 2 is 1.96 bits per heavy atom. The van der Waals surface area contributed by atoms with Crippen LogP contribution in [0.15, 0.2) is 70.0 Å². The molecule has 6 aromatic rings. The summed E-state index contributed by atoms with van der Waals surface area (Å²) in [5, 5.41) is 11.3. The molecule has 1 amide bonds. The lowest BCUT2D eigenvalue weighted by molar-refractivity contribution is 0.0776. The third kappa shape index (κ3) is 4.92. The van der Waals surface area contributed by atoms with Crippen molar-refractivity contribution in [2.75, 3.05) is 19.0 Å². The van der Waals surface area contributed by atoms with Crippen LogP contribution in [0.4, 0.5) is 10.2 Å². The van der Waals surface area contributed by atoms with Gasteiger partial charge in [0.1, 0.15) is 17.4 Å². The summed E-state index contributed by atoms with van der Waals surface area (Å²) in [4.78, 5) is 39.2. The Morgan fingerprint density at radius 3 is 2.78 bits per heavy atom. The van der Waals surface area contributed by atoms with E-state index in [1.54, 1.807) is 25.4 Å². The summed E-state index contributed by atoms with van der Waals surface area (Å²) in [6, 6.07) is 16.5. The van der Waals surface area contributed by atoms with Crippen molar-refractivity contribution < 1.29 is 18.3 Å². The van der Waals surface area contributed by atoms with Crippen LogP contribution in [0, 0.1) is 5.82 Å². The van der Waals surface area contributed by atoms with Crippen LogP contribution in [0.2, 0.25) is 0 Å². The maximum absolute atomic E-state index is 14.2. The Labute approximate surface area is 284 Å². The number of thiophene rings is 1. The van der Waals surface area contributed by atoms with E-state index in [0.29, 0.717) is 41.8 Å². The van der Waals surface area contributed by atoms with Crippen LogP contribution < -0.4 is 15.8 Å². The van der Waals surface area contributed by atoms with Gasteiger partial charge in [0.05, 0.1) is 46.4 Å². The fourth-order valence-corrected chi connectivity index (χ4v) is 8.94. The Kier molecular flexibility index (Phi) is 7.08. The highest BCUT2D eigenvalue weighted by molar-refractivity contribution is 7.23. The molecule has 246 valence electrons. The first-order valence-electron chi connectivity index (χ1n) is 16.5. The molecule has 49 heavy (non-hydrogen) atoms. The molecular formula is C37H31FN6O4S. The molecule has 9 rings (SSSR count). The van der Waals surface area contributed by atoms with Crippen LogP contribution in [0.25, 0.3) is 32.0 Å². The van der Waals surface area contributed by atoms with Gasteiger partial charge in [-0.15, -0.1) is 16.4 Å². The van der Waals surface area contributed by atoms with Gasteiger partial charge in [0.15, 0.2) is 0 Å². The van der Waals surface area contributed by atoms with Crippen LogP contribution in [0.1, 0.15) is 69.8 Å². The average molecular weight is 675 g/mol. The number of rotatable bonds is 8. The lowest BCUT2D eigenvalue weighted by atomic mass is 9.93. The molecule has 2 aliphatic heterocycles. The molecule has 2 aromatic carbocycles. The minimum absolute atomic E-state index is 0.0691. The summed E-state index contributed by atoms with van der Waals surface area (Å²) in [6.07, 6.45) is 6.38. The summed E-state index contributed by atoms with van der Waals surface area (Å²) in [5.41, 5.74) is 6.48. The minimum atomic E-state index is -0.696. The number of aromatic amines is 1. The second-order valence-corrected chi connectivity index (χ2v) is 13.8. The van der Waals surface area contributed by atoms with E-state index in [1.807, 2.05) is 23.1 Å². The van der Waals surface area contributed by atoms with Gasteiger partial charge in [-0.25, -0.2) is 19.3 Å². The zero-order valence-corrected chi connectivity index (χ0v) is 27.4. The number of methoxy groups -OCH3 is 1. The van der Waals surface area contributed by atoms with Crippen LogP contribution in [0.5, 0.6) is 5.75 Å². The molecule has 6 heterocycles. The van der Waals surface area contributed by atoms with Crippen LogP contribution in [-0.4, -0.2) is 44.6 Å². The Hall–Kier alpha value is -5.36. The first-order valence-corrected chi connectivity index (χ1v) is 17.3. The van der Waals surface area contributed by atoms with Gasteiger partial charge in [-0.05, 0) is 90.9 Å². The number of nitrogens with zero attached hydrogens (tertiary/aromatic N) is 4. The van der Waals surface area contributed by atoms with Gasteiger partial charge in [0, 0.05) is 23.2 Å². The number of anilines is 1. The van der Waals surface area contributed by atoms with E-state index >= 15 is 0 Å². The number of hydrogen-bond donors (Lipinski definition) is 2. The molecule has 1 saturated heterocycles. The highest BCUT2D eigenvalue weighted by atomic mass is 32.1. The fourth-order valence-electron chi connectivity index (χ4n) is 7.78. The summed E-state index contributed by atoms with van der Waals surface area (Å²) < 4.78 is 25.9. The monoisotopic (exact) mass is 674 g/mol. The SMILES string of the molecule is COc1cccc2c1CC[C@@H]2Nc1nccc2cc(-c3c4c(nc(CCc5ccc(F)cc5)c3-c3n[nH]c(=O)o3)[C@H]3CCCN3C4=O)sc12. The summed E-state index contributed by atoms with van der Waals surface area (Å²) in [6.45, 7) is 0.662. The number of aryl methyl sites for hydroxylation is 2. The summed E-state index contributed by atoms with van der Waals surface area (Å²) in [7, 11) is 1.70. The quantitative estimate of drug-likeness (QED) is 0.176. The molecule has 12 heteroatoms. The first kappa shape index (κ1) is 29.8. The Balaban J connectivity index is 1.20. The molecule has 3 aliphatic rings. The van der Waals surface area contributed by atoms with E-state index in [1.165, 1.54) is 34.6 Å². The van der Waals surface area contributed by atoms with E-state index in [0.717, 1.165) is 63.5 Å². The maximum atomic E-state index is 14.2. The van der Waals surface area contributed by atoms with Crippen LogP contribution in [0.3, 0.4) is 0 Å². The summed E-state index contributed by atoms with van der Waals surface area (Å²) in [5.74, 6) is 0.667. The minimum Gasteiger partial charge on any atom is -0.496 e. The molecule has 0 bridgehead atoms. The molecule has 0 saturated carbocycles. The number of pyridine rings is 2. The highest BCUT2D eigenvalue weighted by Gasteiger charge is 2.45. The Morgan fingerprint density at radius 1 is 1.08 bits per heavy atom. The van der Waals surface area contributed by atoms with E-state index in [4.69, 9.17) is 19.1 Å². The number of halogens is 1. The molecule has 0 radical (unpaired) electrons. The van der Waals surface area contributed by atoms with Gasteiger partial charge in [0.25, 0.3) is 11.8 Å². The van der Waals surface area contributed by atoms with Crippen molar-refractivity contribution in [3.63, 3.8) is 0 Å². The van der Waals surface area contributed by atoms with E-state index in [2.05, 4.69) is 27.6 Å². The highest BCUT2D eigenvalue weighted by Crippen LogP contribution is 2.50. The number of fused-ring (bicyclic) bond motifs is 5. The van der Waals surface area contributed by atoms with Crippen LogP contribution in [-0.2, 0) is 19.3 Å². The normalized spacial score (nSPS) is 17.8. The molecule has 0 spiro atoms. The van der Waals surface area contributed by atoms with Crippen molar-refractivity contribution in [1.82, 2.24) is 25.1 Å². The van der Waals surface area contributed by atoms with Crippen molar-refractivity contribution in [3.05, 3.63) is 111 Å². The lowest BCUT2D eigenvalue weighted by Crippen LogP contribution is -2.22. The molecule has 1 aliphatic carbocycles.